The number of esters is 1. The van der Waals surface area contributed by atoms with E-state index in [2.05, 4.69) is 0 Å². The van der Waals surface area contributed by atoms with Crippen molar-refractivity contribution < 1.29 is 28.7 Å². The molecule has 3 aliphatic carbocycles. The van der Waals surface area contributed by atoms with E-state index in [0.717, 1.165) is 24.0 Å². The zero-order chi connectivity index (χ0) is 29.4. The molecule has 4 unspecified atom stereocenters. The Morgan fingerprint density at radius 1 is 0.707 bits per heavy atom. The normalized spacial score (nSPS) is 30.3. The van der Waals surface area contributed by atoms with Crippen LogP contribution in [0.25, 0.3) is 0 Å². The Kier molecular flexibility index (Phi) is 6.28. The van der Waals surface area contributed by atoms with Crippen LogP contribution in [0.2, 0.25) is 0 Å². The Morgan fingerprint density at radius 2 is 1.12 bits per heavy atom. The number of allylic oxidation sites excluding steroid dienone is 1. The van der Waals surface area contributed by atoms with E-state index in [1.807, 2.05) is 38.1 Å². The average Bonchev–Trinajstić information content (AvgIpc) is 3.39. The predicted octanol–water partition coefficient (Wildman–Crippen LogP) is 4.25. The van der Waals surface area contributed by atoms with Crippen molar-refractivity contribution in [3.8, 4) is 0 Å². The van der Waals surface area contributed by atoms with Gasteiger partial charge in [-0.15, -0.1) is 0 Å². The maximum absolute atomic E-state index is 14.3. The average molecular weight is 555 g/mol. The second-order valence-electron chi connectivity index (χ2n) is 11.7. The highest BCUT2D eigenvalue weighted by molar-refractivity contribution is 6.27. The molecular formula is C33H34N2O6. The van der Waals surface area contributed by atoms with Gasteiger partial charge in [0.2, 0.25) is 23.6 Å². The van der Waals surface area contributed by atoms with Gasteiger partial charge in [-0.05, 0) is 62.1 Å². The summed E-state index contributed by atoms with van der Waals surface area (Å²) in [4.78, 5) is 72.7. The number of aryl methyl sites for hydroxylation is 2. The van der Waals surface area contributed by atoms with Crippen molar-refractivity contribution >= 4 is 41.0 Å². The standard InChI is InChI=1S/C33H34N2O6/c1-6-18-9-13-20(14-10-18)34-28(36)23-22-17(4)25(32(40)41-8-3)33(5,26(23)30(34)38)27-24(22)29(37)35(31(27)39)21-15-11-19(7-2)12-16-21/h9-16,22-24,26-27H,6-8H2,1-5H3. The molecule has 0 aromatic heterocycles. The Balaban J connectivity index is 1.51. The Bertz CT molecular complexity index is 1430. The summed E-state index contributed by atoms with van der Waals surface area (Å²) in [6.45, 7) is 9.30. The molecule has 0 spiro atoms. The molecule has 2 aromatic rings. The second kappa shape index (κ2) is 9.50. The van der Waals surface area contributed by atoms with Gasteiger partial charge in [0.1, 0.15) is 0 Å². The van der Waals surface area contributed by atoms with E-state index in [1.165, 1.54) is 9.80 Å². The number of anilines is 2. The summed E-state index contributed by atoms with van der Waals surface area (Å²) in [6, 6.07) is 14.5. The fraction of sp³-hybridized carbons (Fsp3) is 0.424. The first-order valence-corrected chi connectivity index (χ1v) is 14.4. The molecule has 2 aliphatic heterocycles. The molecule has 4 amide bonds. The number of hydrogen-bond donors (Lipinski definition) is 0. The molecule has 2 aromatic carbocycles. The minimum atomic E-state index is -1.41. The molecule has 4 atom stereocenters. The molecule has 8 nitrogen and oxygen atoms in total. The van der Waals surface area contributed by atoms with E-state index in [1.54, 1.807) is 45.0 Å². The predicted molar refractivity (Wildman–Crippen MR) is 152 cm³/mol. The lowest BCUT2D eigenvalue weighted by atomic mass is 9.43. The van der Waals surface area contributed by atoms with Crippen molar-refractivity contribution in [3.05, 3.63) is 70.8 Å². The zero-order valence-corrected chi connectivity index (χ0v) is 24.0. The highest BCUT2D eigenvalue weighted by atomic mass is 16.5. The summed E-state index contributed by atoms with van der Waals surface area (Å²) in [5.41, 5.74) is 2.43. The molecule has 3 fully saturated rings. The van der Waals surface area contributed by atoms with Crippen LogP contribution < -0.4 is 9.80 Å². The first kappa shape index (κ1) is 27.1. The Hall–Kier alpha value is -4.07. The third kappa shape index (κ3) is 3.49. The van der Waals surface area contributed by atoms with Crippen LogP contribution in [-0.4, -0.2) is 36.2 Å². The van der Waals surface area contributed by atoms with Crippen molar-refractivity contribution in [1.29, 1.82) is 0 Å². The van der Waals surface area contributed by atoms with Crippen LogP contribution in [0, 0.1) is 35.0 Å². The number of imide groups is 2. The Labute approximate surface area is 239 Å². The lowest BCUT2D eigenvalue weighted by Gasteiger charge is -2.55. The summed E-state index contributed by atoms with van der Waals surface area (Å²) in [7, 11) is 0. The Morgan fingerprint density at radius 3 is 1.49 bits per heavy atom. The number of nitrogens with zero attached hydrogens (tertiary/aromatic N) is 2. The van der Waals surface area contributed by atoms with Crippen LogP contribution in [0.1, 0.15) is 45.7 Å². The van der Waals surface area contributed by atoms with E-state index in [0.29, 0.717) is 16.9 Å². The van der Waals surface area contributed by atoms with Crippen LogP contribution in [0.5, 0.6) is 0 Å². The summed E-state index contributed by atoms with van der Waals surface area (Å²) >= 11 is 0. The van der Waals surface area contributed by atoms with Gasteiger partial charge in [-0.3, -0.25) is 29.0 Å². The smallest absolute Gasteiger partial charge is 0.334 e. The van der Waals surface area contributed by atoms with Gasteiger partial charge >= 0.3 is 5.97 Å². The van der Waals surface area contributed by atoms with Crippen molar-refractivity contribution in [2.45, 2.75) is 47.5 Å². The van der Waals surface area contributed by atoms with Gasteiger partial charge in [-0.25, -0.2) is 4.79 Å². The van der Waals surface area contributed by atoms with Gasteiger partial charge in [0, 0.05) is 16.9 Å². The molecule has 2 bridgehead atoms. The molecule has 1 saturated carbocycles. The maximum Gasteiger partial charge on any atom is 0.334 e. The molecule has 0 N–H and O–H groups in total. The zero-order valence-electron chi connectivity index (χ0n) is 24.0. The quantitative estimate of drug-likeness (QED) is 0.391. The molecular weight excluding hydrogens is 520 g/mol. The number of hydrogen-bond acceptors (Lipinski definition) is 6. The topological polar surface area (TPSA) is 101 Å². The molecule has 7 rings (SSSR count). The SMILES string of the molecule is CCOC(=O)C1=C(C)C2C3C(=O)N(c4ccc(CC)cc4)C(=O)C3C1(C)C1C(=O)N(c3ccc(CC)cc3)C(=O)C21. The highest BCUT2D eigenvalue weighted by Gasteiger charge is 2.77. The lowest BCUT2D eigenvalue weighted by molar-refractivity contribution is -0.155. The molecule has 8 heteroatoms. The first-order valence-electron chi connectivity index (χ1n) is 14.4. The molecule has 212 valence electrons. The number of benzene rings is 2. The van der Waals surface area contributed by atoms with Gasteiger partial charge in [0.25, 0.3) is 0 Å². The number of carbonyl (C=O) groups excluding carboxylic acids is 5. The van der Waals surface area contributed by atoms with E-state index < -0.39 is 64.6 Å². The van der Waals surface area contributed by atoms with Gasteiger partial charge in [0.15, 0.2) is 0 Å². The molecule has 2 saturated heterocycles. The van der Waals surface area contributed by atoms with Crippen LogP contribution in [0.4, 0.5) is 11.4 Å². The summed E-state index contributed by atoms with van der Waals surface area (Å²) in [6.07, 6.45) is 1.62. The van der Waals surface area contributed by atoms with E-state index in [9.17, 15) is 24.0 Å². The number of amides is 4. The van der Waals surface area contributed by atoms with E-state index in [-0.39, 0.29) is 12.2 Å². The van der Waals surface area contributed by atoms with Gasteiger partial charge < -0.3 is 4.74 Å². The lowest BCUT2D eigenvalue weighted by Crippen LogP contribution is -2.61. The third-order valence-electron chi connectivity index (χ3n) is 9.89. The highest BCUT2D eigenvalue weighted by Crippen LogP contribution is 2.68. The number of carbonyl (C=O) groups is 5. The monoisotopic (exact) mass is 554 g/mol. The maximum atomic E-state index is 14.3. The van der Waals surface area contributed by atoms with Crippen LogP contribution in [-0.2, 0) is 41.6 Å². The fourth-order valence-electron chi connectivity index (χ4n) is 8.08. The van der Waals surface area contributed by atoms with E-state index in [4.69, 9.17) is 4.74 Å². The number of ether oxygens (including phenoxy) is 1. The van der Waals surface area contributed by atoms with Gasteiger partial charge in [-0.1, -0.05) is 50.6 Å². The largest absolute Gasteiger partial charge is 0.463 e. The first-order chi connectivity index (χ1) is 19.6. The van der Waals surface area contributed by atoms with E-state index >= 15 is 0 Å². The van der Waals surface area contributed by atoms with Crippen molar-refractivity contribution in [2.24, 2.45) is 35.0 Å². The number of rotatable bonds is 6. The fourth-order valence-corrected chi connectivity index (χ4v) is 8.08. The molecule has 41 heavy (non-hydrogen) atoms. The third-order valence-corrected chi connectivity index (χ3v) is 9.89. The van der Waals surface area contributed by atoms with Gasteiger partial charge in [0.05, 0.1) is 41.7 Å². The van der Waals surface area contributed by atoms with Crippen LogP contribution in [0.3, 0.4) is 0 Å². The molecule has 0 radical (unpaired) electrons. The van der Waals surface area contributed by atoms with Crippen LogP contribution >= 0.6 is 0 Å². The van der Waals surface area contributed by atoms with Crippen molar-refractivity contribution in [1.82, 2.24) is 0 Å². The summed E-state index contributed by atoms with van der Waals surface area (Å²) in [5, 5.41) is 0. The molecule has 5 aliphatic rings. The van der Waals surface area contributed by atoms with Crippen molar-refractivity contribution in [2.75, 3.05) is 16.4 Å². The van der Waals surface area contributed by atoms with Gasteiger partial charge in [-0.2, -0.15) is 0 Å². The summed E-state index contributed by atoms with van der Waals surface area (Å²) in [5.74, 6) is -6.76. The van der Waals surface area contributed by atoms with Crippen molar-refractivity contribution in [3.63, 3.8) is 0 Å². The minimum Gasteiger partial charge on any atom is -0.463 e. The van der Waals surface area contributed by atoms with Crippen LogP contribution in [0.15, 0.2) is 59.7 Å². The second-order valence-corrected chi connectivity index (χ2v) is 11.7. The minimum absolute atomic E-state index is 0.115. The summed E-state index contributed by atoms with van der Waals surface area (Å²) < 4.78 is 5.45. The molecule has 2 heterocycles.